The third-order valence-electron chi connectivity index (χ3n) is 4.93. The van der Waals surface area contributed by atoms with E-state index in [1.165, 1.54) is 4.90 Å². The number of nitrogens with zero attached hydrogens (tertiary/aromatic N) is 1. The molecule has 4 atom stereocenters. The Balaban J connectivity index is 1.90. The van der Waals surface area contributed by atoms with Crippen molar-refractivity contribution in [2.75, 3.05) is 11.5 Å². The maximum atomic E-state index is 12.8. The second-order valence-electron chi connectivity index (χ2n) is 6.68. The lowest BCUT2D eigenvalue weighted by atomic mass is 9.75. The fourth-order valence-electron chi connectivity index (χ4n) is 3.71. The van der Waals surface area contributed by atoms with Gasteiger partial charge in [0.25, 0.3) is 0 Å². The molecular weight excluding hydrogens is 330 g/mol. The number of anilines is 1. The zero-order valence-electron chi connectivity index (χ0n) is 14.7. The van der Waals surface area contributed by atoms with Gasteiger partial charge in [-0.25, -0.2) is 4.79 Å². The Labute approximate surface area is 152 Å². The van der Waals surface area contributed by atoms with E-state index in [0.717, 1.165) is 12.0 Å². The van der Waals surface area contributed by atoms with Crippen molar-refractivity contribution in [2.24, 2.45) is 0 Å². The van der Waals surface area contributed by atoms with E-state index >= 15 is 0 Å². The third-order valence-corrected chi connectivity index (χ3v) is 4.93. The Morgan fingerprint density at radius 3 is 2.92 bits per heavy atom. The summed E-state index contributed by atoms with van der Waals surface area (Å²) in [7, 11) is 0. The highest BCUT2D eigenvalue weighted by molar-refractivity contribution is 5.92. The van der Waals surface area contributed by atoms with Gasteiger partial charge in [-0.05, 0) is 31.6 Å². The minimum atomic E-state index is -1.42. The van der Waals surface area contributed by atoms with Crippen molar-refractivity contribution in [3.05, 3.63) is 42.0 Å². The summed E-state index contributed by atoms with van der Waals surface area (Å²) >= 11 is 0. The number of rotatable bonds is 2. The highest BCUT2D eigenvalue weighted by Gasteiger charge is 2.74. The lowest BCUT2D eigenvalue weighted by molar-refractivity contribution is 0.0264. The predicted molar refractivity (Wildman–Crippen MR) is 96.2 cm³/mol. The van der Waals surface area contributed by atoms with E-state index in [9.17, 15) is 9.90 Å². The highest BCUT2D eigenvalue weighted by Crippen LogP contribution is 2.61. The average Bonchev–Trinajstić information content (AvgIpc) is 3.40. The van der Waals surface area contributed by atoms with Gasteiger partial charge in [0.05, 0.1) is 12.3 Å². The van der Waals surface area contributed by atoms with Gasteiger partial charge in [-0.1, -0.05) is 48.8 Å². The summed E-state index contributed by atoms with van der Waals surface area (Å²) in [6, 6.07) is 6.81. The Hall–Kier alpha value is -2.73. The van der Waals surface area contributed by atoms with Crippen molar-refractivity contribution in [3.8, 4) is 23.7 Å². The monoisotopic (exact) mass is 349 g/mol. The number of epoxide rings is 1. The number of allylic oxidation sites excluding steroid dienone is 2. The molecule has 0 aromatic heterocycles. The molecule has 1 aromatic rings. The van der Waals surface area contributed by atoms with Gasteiger partial charge in [0.2, 0.25) is 0 Å². The number of fused-ring (bicyclic) bond motifs is 1. The normalized spacial score (nSPS) is 34.0. The Kier molecular flexibility index (Phi) is 3.80. The zero-order valence-corrected chi connectivity index (χ0v) is 14.7. The smallest absolute Gasteiger partial charge is 0.415 e. The molecule has 2 aliphatic heterocycles. The van der Waals surface area contributed by atoms with Crippen LogP contribution in [0.15, 0.2) is 36.4 Å². The highest BCUT2D eigenvalue weighted by atomic mass is 16.6. The van der Waals surface area contributed by atoms with Gasteiger partial charge in [0, 0.05) is 5.56 Å². The van der Waals surface area contributed by atoms with E-state index in [-0.39, 0.29) is 0 Å². The molecule has 1 amide bonds. The lowest BCUT2D eigenvalue weighted by Crippen LogP contribution is -2.54. The summed E-state index contributed by atoms with van der Waals surface area (Å²) in [6.07, 6.45) is 2.98. The average molecular weight is 349 g/mol. The first kappa shape index (κ1) is 16.7. The molecule has 1 aliphatic carbocycles. The summed E-state index contributed by atoms with van der Waals surface area (Å²) in [5, 5.41) is 11.1. The van der Waals surface area contributed by atoms with Crippen molar-refractivity contribution >= 4 is 11.8 Å². The fourth-order valence-corrected chi connectivity index (χ4v) is 3.71. The topological polar surface area (TPSA) is 62.3 Å². The Bertz CT molecular complexity index is 911. The number of carbonyl (C=O) groups is 1. The Morgan fingerprint density at radius 1 is 1.35 bits per heavy atom. The number of benzene rings is 1. The molecule has 1 saturated heterocycles. The van der Waals surface area contributed by atoms with E-state index in [1.807, 2.05) is 31.2 Å². The fraction of sp³-hybridized carbons (Fsp3) is 0.381. The van der Waals surface area contributed by atoms with Crippen molar-refractivity contribution in [1.82, 2.24) is 0 Å². The summed E-state index contributed by atoms with van der Waals surface area (Å²) in [4.78, 5) is 14.3. The second-order valence-corrected chi connectivity index (χ2v) is 6.68. The largest absolute Gasteiger partial charge is 0.449 e. The van der Waals surface area contributed by atoms with Crippen LogP contribution in [0.3, 0.4) is 0 Å². The Morgan fingerprint density at radius 2 is 2.12 bits per heavy atom. The molecule has 5 nitrogen and oxygen atoms in total. The number of para-hydroxylation sites is 1. The quantitative estimate of drug-likeness (QED) is 0.658. The molecule has 2 bridgehead atoms. The number of hydrogen-bond donors (Lipinski definition) is 1. The van der Waals surface area contributed by atoms with Crippen molar-refractivity contribution in [3.63, 3.8) is 0 Å². The number of carbonyl (C=O) groups excluding carboxylic acids is 1. The van der Waals surface area contributed by atoms with Crippen LogP contribution in [-0.4, -0.2) is 35.6 Å². The van der Waals surface area contributed by atoms with E-state index < -0.39 is 29.4 Å². The summed E-state index contributed by atoms with van der Waals surface area (Å²) in [6.45, 7) is 3.91. The van der Waals surface area contributed by atoms with Crippen molar-refractivity contribution in [2.45, 2.75) is 43.6 Å². The maximum absolute atomic E-state index is 12.8. The molecule has 1 N–H and O–H groups in total. The molecule has 0 saturated carbocycles. The molecule has 3 aliphatic rings. The van der Waals surface area contributed by atoms with Crippen LogP contribution in [0, 0.1) is 23.7 Å². The van der Waals surface area contributed by atoms with E-state index in [4.69, 9.17) is 9.47 Å². The molecule has 1 aromatic carbocycles. The molecule has 0 unspecified atom stereocenters. The van der Waals surface area contributed by atoms with Gasteiger partial charge in [0.15, 0.2) is 11.2 Å². The van der Waals surface area contributed by atoms with Crippen molar-refractivity contribution < 1.29 is 19.4 Å². The first-order chi connectivity index (χ1) is 12.5. The van der Waals surface area contributed by atoms with Crippen LogP contribution in [0.5, 0.6) is 0 Å². The summed E-state index contributed by atoms with van der Waals surface area (Å²) in [5.41, 5.74) is -1.08. The molecule has 2 heterocycles. The molecule has 4 rings (SSSR count). The number of ether oxygens (including phenoxy) is 2. The van der Waals surface area contributed by atoms with E-state index in [0.29, 0.717) is 12.3 Å². The molecule has 5 heteroatoms. The van der Waals surface area contributed by atoms with Gasteiger partial charge in [-0.2, -0.15) is 0 Å². The number of hydrogen-bond acceptors (Lipinski definition) is 4. The molecule has 0 radical (unpaired) electrons. The van der Waals surface area contributed by atoms with Gasteiger partial charge < -0.3 is 14.6 Å². The SMILES string of the molecule is CCCOC(=O)N1c2ccccc2[C@@]23O[C@H]2[C@@H]1C#C/C=C\C#C[C@@]3(C)O. The molecule has 26 heavy (non-hydrogen) atoms. The van der Waals surface area contributed by atoms with Crippen LogP contribution in [0.2, 0.25) is 0 Å². The standard InChI is InChI=1S/C21H19NO4/c1-3-14-25-19(23)22-16-11-8-7-10-15(16)21-18(26-21)17(22)12-6-4-5-9-13-20(21,2)24/h4-5,7-8,10-11,17-18,24H,3,14H2,1-2H3/b5-4-/t17-,18-,20+,21+/m0/s1. The number of amides is 1. The van der Waals surface area contributed by atoms with Crippen LogP contribution in [-0.2, 0) is 15.1 Å². The summed E-state index contributed by atoms with van der Waals surface area (Å²) < 4.78 is 11.4. The minimum Gasteiger partial charge on any atom is -0.449 e. The van der Waals surface area contributed by atoms with Crippen LogP contribution in [0.1, 0.15) is 25.8 Å². The second kappa shape index (κ2) is 5.92. The molecule has 1 fully saturated rings. The predicted octanol–water partition coefficient (Wildman–Crippen LogP) is 2.34. The van der Waals surface area contributed by atoms with E-state index in [1.54, 1.807) is 19.1 Å². The van der Waals surface area contributed by atoms with Crippen molar-refractivity contribution in [1.29, 1.82) is 0 Å². The minimum absolute atomic E-state index is 0.331. The third kappa shape index (κ3) is 2.25. The van der Waals surface area contributed by atoms with Gasteiger partial charge >= 0.3 is 6.09 Å². The van der Waals surface area contributed by atoms with Crippen LogP contribution >= 0.6 is 0 Å². The van der Waals surface area contributed by atoms with Crippen LogP contribution in [0.25, 0.3) is 0 Å². The van der Waals surface area contributed by atoms with Crippen LogP contribution in [0.4, 0.5) is 10.5 Å². The first-order valence-electron chi connectivity index (χ1n) is 8.67. The lowest BCUT2D eigenvalue weighted by Gasteiger charge is -2.38. The van der Waals surface area contributed by atoms with Gasteiger partial charge in [0.1, 0.15) is 12.1 Å². The van der Waals surface area contributed by atoms with E-state index in [2.05, 4.69) is 23.7 Å². The molecule has 0 spiro atoms. The maximum Gasteiger partial charge on any atom is 0.415 e. The first-order valence-corrected chi connectivity index (χ1v) is 8.67. The summed E-state index contributed by atoms with van der Waals surface area (Å²) in [5.74, 6) is 11.7. The van der Waals surface area contributed by atoms with Crippen LogP contribution < -0.4 is 4.90 Å². The molecular formula is C21H19NO4. The zero-order chi connectivity index (χ0) is 18.4. The number of aliphatic hydroxyl groups is 1. The molecule has 132 valence electrons. The van der Waals surface area contributed by atoms with Gasteiger partial charge in [-0.15, -0.1) is 0 Å². The van der Waals surface area contributed by atoms with Gasteiger partial charge in [-0.3, -0.25) is 4.90 Å².